The Kier molecular flexibility index (Phi) is 5.22. The van der Waals surface area contributed by atoms with Gasteiger partial charge in [-0.25, -0.2) is 0 Å². The van der Waals surface area contributed by atoms with Crippen LogP contribution in [-0.2, 0) is 6.42 Å². The van der Waals surface area contributed by atoms with Gasteiger partial charge in [0.05, 0.1) is 0 Å². The molecule has 0 saturated carbocycles. The van der Waals surface area contributed by atoms with E-state index < -0.39 is 0 Å². The lowest BCUT2D eigenvalue weighted by molar-refractivity contribution is 0.0570. The number of aryl methyl sites for hydroxylation is 1. The molecule has 0 amide bonds. The van der Waals surface area contributed by atoms with Crippen LogP contribution >= 0.6 is 0 Å². The van der Waals surface area contributed by atoms with Gasteiger partial charge in [0.25, 0.3) is 0 Å². The molecule has 1 aromatic carbocycles. The Bertz CT molecular complexity index is 403. The van der Waals surface area contributed by atoms with Crippen molar-refractivity contribution in [3.05, 3.63) is 35.9 Å². The molecule has 1 aliphatic heterocycles. The molecule has 0 radical (unpaired) electrons. The predicted octanol–water partition coefficient (Wildman–Crippen LogP) is 3.47. The highest BCUT2D eigenvalue weighted by atomic mass is 15.3. The summed E-state index contributed by atoms with van der Waals surface area (Å²) >= 11 is 0. The van der Waals surface area contributed by atoms with E-state index in [9.17, 15) is 0 Å². The SMILES string of the molecule is CCC1(C)CN(C(C)CCc2ccccc2)C(C)CN1. The second kappa shape index (κ2) is 6.73. The third-order valence-electron chi connectivity index (χ3n) is 4.96. The van der Waals surface area contributed by atoms with E-state index in [1.165, 1.54) is 31.4 Å². The molecule has 0 aromatic heterocycles. The number of rotatable bonds is 5. The van der Waals surface area contributed by atoms with Gasteiger partial charge in [0.2, 0.25) is 0 Å². The standard InChI is InChI=1S/C18H30N2/c1-5-18(4)14-20(16(3)13-19-18)15(2)11-12-17-9-7-6-8-10-17/h6-10,15-16,19H,5,11-14H2,1-4H3. The molecule has 0 aliphatic carbocycles. The van der Waals surface area contributed by atoms with Gasteiger partial charge in [0.1, 0.15) is 0 Å². The maximum Gasteiger partial charge on any atom is 0.0278 e. The molecule has 0 bridgehead atoms. The second-order valence-corrected chi connectivity index (χ2v) is 6.69. The van der Waals surface area contributed by atoms with Crippen LogP contribution in [0.25, 0.3) is 0 Å². The van der Waals surface area contributed by atoms with Gasteiger partial charge in [-0.1, -0.05) is 37.3 Å². The van der Waals surface area contributed by atoms with E-state index in [1.54, 1.807) is 0 Å². The number of nitrogens with zero attached hydrogens (tertiary/aromatic N) is 1. The van der Waals surface area contributed by atoms with Crippen LogP contribution in [0.3, 0.4) is 0 Å². The topological polar surface area (TPSA) is 15.3 Å². The Morgan fingerprint density at radius 2 is 2.05 bits per heavy atom. The zero-order chi connectivity index (χ0) is 14.6. The van der Waals surface area contributed by atoms with Gasteiger partial charge in [-0.05, 0) is 45.6 Å². The molecule has 1 fully saturated rings. The molecule has 112 valence electrons. The van der Waals surface area contributed by atoms with Crippen molar-refractivity contribution in [3.8, 4) is 0 Å². The van der Waals surface area contributed by atoms with Crippen LogP contribution in [0.2, 0.25) is 0 Å². The van der Waals surface area contributed by atoms with Crippen molar-refractivity contribution < 1.29 is 0 Å². The van der Waals surface area contributed by atoms with Crippen molar-refractivity contribution in [1.29, 1.82) is 0 Å². The first kappa shape index (κ1) is 15.5. The van der Waals surface area contributed by atoms with E-state index in [2.05, 4.69) is 68.2 Å². The van der Waals surface area contributed by atoms with Gasteiger partial charge in [-0.2, -0.15) is 0 Å². The maximum atomic E-state index is 3.71. The van der Waals surface area contributed by atoms with E-state index in [4.69, 9.17) is 0 Å². The van der Waals surface area contributed by atoms with E-state index in [-0.39, 0.29) is 5.54 Å². The highest BCUT2D eigenvalue weighted by Gasteiger charge is 2.34. The zero-order valence-corrected chi connectivity index (χ0v) is 13.5. The first-order valence-electron chi connectivity index (χ1n) is 8.09. The van der Waals surface area contributed by atoms with Crippen molar-refractivity contribution in [2.24, 2.45) is 0 Å². The fourth-order valence-corrected chi connectivity index (χ4v) is 3.14. The van der Waals surface area contributed by atoms with Crippen LogP contribution in [0.4, 0.5) is 0 Å². The first-order chi connectivity index (χ1) is 9.54. The summed E-state index contributed by atoms with van der Waals surface area (Å²) in [4.78, 5) is 2.70. The highest BCUT2D eigenvalue weighted by Crippen LogP contribution is 2.22. The molecule has 3 unspecified atom stereocenters. The summed E-state index contributed by atoms with van der Waals surface area (Å²) < 4.78 is 0. The average molecular weight is 274 g/mol. The van der Waals surface area contributed by atoms with Gasteiger partial charge in [-0.15, -0.1) is 0 Å². The molecule has 1 N–H and O–H groups in total. The monoisotopic (exact) mass is 274 g/mol. The molecular weight excluding hydrogens is 244 g/mol. The van der Waals surface area contributed by atoms with Crippen LogP contribution in [0, 0.1) is 0 Å². The van der Waals surface area contributed by atoms with Gasteiger partial charge in [0, 0.05) is 30.7 Å². The number of benzene rings is 1. The Balaban J connectivity index is 1.91. The minimum absolute atomic E-state index is 0.285. The van der Waals surface area contributed by atoms with E-state index >= 15 is 0 Å². The Labute approximate surface area is 124 Å². The van der Waals surface area contributed by atoms with Crippen molar-refractivity contribution in [2.75, 3.05) is 13.1 Å². The zero-order valence-electron chi connectivity index (χ0n) is 13.5. The van der Waals surface area contributed by atoms with Crippen LogP contribution in [0.1, 0.15) is 46.1 Å². The molecule has 0 spiro atoms. The van der Waals surface area contributed by atoms with E-state index in [1.807, 2.05) is 0 Å². The normalized spacial score (nSPS) is 29.3. The van der Waals surface area contributed by atoms with Gasteiger partial charge in [0.15, 0.2) is 0 Å². The molecular formula is C18H30N2. The summed E-state index contributed by atoms with van der Waals surface area (Å²) in [5, 5.41) is 3.71. The highest BCUT2D eigenvalue weighted by molar-refractivity contribution is 5.14. The molecule has 2 nitrogen and oxygen atoms in total. The largest absolute Gasteiger partial charge is 0.309 e. The summed E-state index contributed by atoms with van der Waals surface area (Å²) in [5.74, 6) is 0. The molecule has 20 heavy (non-hydrogen) atoms. The maximum absolute atomic E-state index is 3.71. The predicted molar refractivity (Wildman–Crippen MR) is 87.1 cm³/mol. The summed E-state index contributed by atoms with van der Waals surface area (Å²) in [6.07, 6.45) is 3.62. The average Bonchev–Trinajstić information content (AvgIpc) is 2.48. The lowest BCUT2D eigenvalue weighted by Crippen LogP contribution is -2.63. The molecule has 3 atom stereocenters. The lowest BCUT2D eigenvalue weighted by atomic mass is 9.92. The van der Waals surface area contributed by atoms with Crippen molar-refractivity contribution in [1.82, 2.24) is 10.2 Å². The molecule has 1 aromatic rings. The van der Waals surface area contributed by atoms with E-state index in [0.29, 0.717) is 12.1 Å². The van der Waals surface area contributed by atoms with Crippen LogP contribution in [-0.4, -0.2) is 35.6 Å². The van der Waals surface area contributed by atoms with Crippen molar-refractivity contribution in [2.45, 2.75) is 64.6 Å². The van der Waals surface area contributed by atoms with Crippen molar-refractivity contribution >= 4 is 0 Å². The summed E-state index contributed by atoms with van der Waals surface area (Å²) in [7, 11) is 0. The number of hydrogen-bond donors (Lipinski definition) is 1. The number of piperazine rings is 1. The molecule has 1 heterocycles. The van der Waals surface area contributed by atoms with Gasteiger partial charge >= 0.3 is 0 Å². The molecule has 1 aliphatic rings. The van der Waals surface area contributed by atoms with Gasteiger partial charge in [-0.3, -0.25) is 4.90 Å². The second-order valence-electron chi connectivity index (χ2n) is 6.69. The smallest absolute Gasteiger partial charge is 0.0278 e. The fraction of sp³-hybridized carbons (Fsp3) is 0.667. The van der Waals surface area contributed by atoms with E-state index in [0.717, 1.165) is 6.54 Å². The summed E-state index contributed by atoms with van der Waals surface area (Å²) in [5.41, 5.74) is 1.74. The number of nitrogens with one attached hydrogen (secondary N) is 1. The molecule has 1 saturated heterocycles. The Morgan fingerprint density at radius 3 is 2.70 bits per heavy atom. The summed E-state index contributed by atoms with van der Waals surface area (Å²) in [6.45, 7) is 11.7. The number of hydrogen-bond acceptors (Lipinski definition) is 2. The van der Waals surface area contributed by atoms with Crippen LogP contribution in [0.15, 0.2) is 30.3 Å². The summed E-state index contributed by atoms with van der Waals surface area (Å²) in [6, 6.07) is 12.1. The first-order valence-corrected chi connectivity index (χ1v) is 8.09. The Morgan fingerprint density at radius 1 is 1.35 bits per heavy atom. The fourth-order valence-electron chi connectivity index (χ4n) is 3.14. The van der Waals surface area contributed by atoms with Crippen LogP contribution in [0.5, 0.6) is 0 Å². The molecule has 2 heteroatoms. The minimum Gasteiger partial charge on any atom is -0.309 e. The minimum atomic E-state index is 0.285. The van der Waals surface area contributed by atoms with Crippen LogP contribution < -0.4 is 5.32 Å². The third kappa shape index (κ3) is 3.83. The third-order valence-corrected chi connectivity index (χ3v) is 4.96. The Hall–Kier alpha value is -0.860. The van der Waals surface area contributed by atoms with Gasteiger partial charge < -0.3 is 5.32 Å². The lowest BCUT2D eigenvalue weighted by Gasteiger charge is -2.47. The molecule has 2 rings (SSSR count). The van der Waals surface area contributed by atoms with Crippen molar-refractivity contribution in [3.63, 3.8) is 0 Å². The quantitative estimate of drug-likeness (QED) is 0.884.